The van der Waals surface area contributed by atoms with Crippen LogP contribution in [0.25, 0.3) is 0 Å². The smallest absolute Gasteiger partial charge is 0.286 e. The minimum Gasteiger partial charge on any atom is -0.377 e. The number of nitrogens with two attached hydrogens (primary N) is 2. The first-order chi connectivity index (χ1) is 8.51. The summed E-state index contributed by atoms with van der Waals surface area (Å²) < 4.78 is 0. The van der Waals surface area contributed by atoms with Crippen LogP contribution in [0.15, 0.2) is 20.4 Å². The maximum Gasteiger partial charge on any atom is 0.286 e. The first kappa shape index (κ1) is 16.4. The van der Waals surface area contributed by atoms with E-state index in [4.69, 9.17) is 11.5 Å². The van der Waals surface area contributed by atoms with Crippen molar-refractivity contribution in [2.45, 2.75) is 6.04 Å². The van der Waals surface area contributed by atoms with Crippen LogP contribution in [0.1, 0.15) is 0 Å². The molecule has 0 aliphatic heterocycles. The van der Waals surface area contributed by atoms with E-state index in [1.54, 1.807) is 12.5 Å². The van der Waals surface area contributed by atoms with Crippen LogP contribution in [0.4, 0.5) is 0 Å². The van der Waals surface area contributed by atoms with Gasteiger partial charge in [0.15, 0.2) is 10.3 Å². The first-order valence-corrected chi connectivity index (χ1v) is 6.91. The van der Waals surface area contributed by atoms with E-state index in [1.807, 2.05) is 0 Å². The van der Waals surface area contributed by atoms with Crippen molar-refractivity contribution in [3.05, 3.63) is 10.1 Å². The third-order valence-corrected chi connectivity index (χ3v) is 2.41. The maximum atomic E-state index is 10.6. The Balaban J connectivity index is 4.65. The van der Waals surface area contributed by atoms with Gasteiger partial charge in [0.2, 0.25) is 0 Å². The number of rotatable bonds is 5. The van der Waals surface area contributed by atoms with Gasteiger partial charge in [0.25, 0.3) is 6.04 Å². The lowest BCUT2D eigenvalue weighted by Gasteiger charge is -1.95. The molecular weight excluding hydrogens is 278 g/mol. The second-order valence-corrected chi connectivity index (χ2v) is 4.24. The van der Waals surface area contributed by atoms with Crippen molar-refractivity contribution in [2.75, 3.05) is 12.5 Å². The summed E-state index contributed by atoms with van der Waals surface area (Å²) in [5.74, 6) is 0. The van der Waals surface area contributed by atoms with Gasteiger partial charge in [-0.2, -0.15) is 10.2 Å². The minimum atomic E-state index is -1.23. The van der Waals surface area contributed by atoms with E-state index in [1.165, 1.54) is 23.5 Å². The maximum absolute atomic E-state index is 10.6. The molecule has 0 aromatic heterocycles. The fourth-order valence-corrected chi connectivity index (χ4v) is 0.804. The highest BCUT2D eigenvalue weighted by Crippen LogP contribution is 1.93. The summed E-state index contributed by atoms with van der Waals surface area (Å²) in [7, 11) is 0. The molecule has 0 amide bonds. The second kappa shape index (κ2) is 9.41. The SMILES string of the molecule is CS/C(N)=N\N=C/C(/C=N\N=C(\N)SC)[N+](=O)[O-]. The summed E-state index contributed by atoms with van der Waals surface area (Å²) in [6.07, 6.45) is 5.41. The average molecular weight is 291 g/mol. The molecule has 0 rings (SSSR count). The van der Waals surface area contributed by atoms with Crippen molar-refractivity contribution in [1.82, 2.24) is 0 Å². The van der Waals surface area contributed by atoms with E-state index < -0.39 is 11.0 Å². The van der Waals surface area contributed by atoms with E-state index in [-0.39, 0.29) is 10.3 Å². The summed E-state index contributed by atoms with van der Waals surface area (Å²) in [6.45, 7) is 0. The molecule has 0 fully saturated rings. The van der Waals surface area contributed by atoms with Gasteiger partial charge in [-0.15, -0.1) is 10.2 Å². The van der Waals surface area contributed by atoms with Gasteiger partial charge < -0.3 is 11.5 Å². The Kier molecular flexibility index (Phi) is 8.57. The highest BCUT2D eigenvalue weighted by Gasteiger charge is 2.13. The molecule has 4 N–H and O–H groups in total. The number of amidine groups is 2. The van der Waals surface area contributed by atoms with Crippen molar-refractivity contribution in [3.8, 4) is 0 Å². The van der Waals surface area contributed by atoms with Gasteiger partial charge in [-0.1, -0.05) is 23.5 Å². The number of hydrogen-bond donors (Lipinski definition) is 2. The Bertz CT molecular complexity index is 363. The molecule has 100 valence electrons. The quantitative estimate of drug-likeness (QED) is 0.314. The topological polar surface area (TPSA) is 145 Å². The Morgan fingerprint density at radius 3 is 1.83 bits per heavy atom. The number of hydrogen-bond acceptors (Lipinski definition) is 8. The molecule has 11 heteroatoms. The van der Waals surface area contributed by atoms with Gasteiger partial charge in [0, 0.05) is 4.92 Å². The first-order valence-electron chi connectivity index (χ1n) is 4.46. The summed E-state index contributed by atoms with van der Waals surface area (Å²) >= 11 is 2.36. The summed E-state index contributed by atoms with van der Waals surface area (Å²) in [5, 5.41) is 25.1. The Hall–Kier alpha value is -1.62. The zero-order valence-corrected chi connectivity index (χ0v) is 11.4. The van der Waals surface area contributed by atoms with E-state index >= 15 is 0 Å². The fourth-order valence-electron chi connectivity index (χ4n) is 0.546. The zero-order chi connectivity index (χ0) is 14.0. The van der Waals surface area contributed by atoms with Gasteiger partial charge in [-0.05, 0) is 12.5 Å². The molecule has 0 atom stereocenters. The average Bonchev–Trinajstić information content (AvgIpc) is 2.35. The van der Waals surface area contributed by atoms with Crippen molar-refractivity contribution >= 4 is 46.3 Å². The van der Waals surface area contributed by atoms with Crippen LogP contribution in [-0.4, -0.2) is 46.2 Å². The molecule has 0 saturated heterocycles. The molecular formula is C7H13N7O2S2. The van der Waals surface area contributed by atoms with Crippen LogP contribution in [0.2, 0.25) is 0 Å². The Morgan fingerprint density at radius 1 is 1.17 bits per heavy atom. The molecule has 0 aromatic carbocycles. The van der Waals surface area contributed by atoms with Crippen LogP contribution < -0.4 is 11.5 Å². The highest BCUT2D eigenvalue weighted by molar-refractivity contribution is 8.13. The number of nitro groups is 1. The molecule has 0 saturated carbocycles. The Morgan fingerprint density at radius 2 is 1.56 bits per heavy atom. The standard InChI is InChI=1S/C7H13N7O2S2/c1-17-6(8)12-10-3-5(14(15)16)4-11-13-7(9)18-2/h3-5H,1-2H3,(H2,8,12)(H2,9,13)/b10-3-,11-4-. The molecule has 0 heterocycles. The van der Waals surface area contributed by atoms with Gasteiger partial charge in [0.1, 0.15) is 12.4 Å². The van der Waals surface area contributed by atoms with E-state index in [0.29, 0.717) is 0 Å². The highest BCUT2D eigenvalue weighted by atomic mass is 32.2. The predicted octanol–water partition coefficient (Wildman–Crippen LogP) is -0.0413. The van der Waals surface area contributed by atoms with Crippen LogP contribution >= 0.6 is 23.5 Å². The minimum absolute atomic E-state index is 0.204. The molecule has 0 unspecified atom stereocenters. The predicted molar refractivity (Wildman–Crippen MR) is 78.0 cm³/mol. The van der Waals surface area contributed by atoms with Crippen molar-refractivity contribution in [1.29, 1.82) is 0 Å². The van der Waals surface area contributed by atoms with Crippen molar-refractivity contribution < 1.29 is 4.92 Å². The van der Waals surface area contributed by atoms with E-state index in [0.717, 1.165) is 12.4 Å². The third kappa shape index (κ3) is 7.62. The molecule has 0 radical (unpaired) electrons. The molecule has 0 aliphatic carbocycles. The number of thioether (sulfide) groups is 2. The van der Waals surface area contributed by atoms with Crippen molar-refractivity contribution in [3.63, 3.8) is 0 Å². The lowest BCUT2D eigenvalue weighted by Crippen LogP contribution is -2.22. The van der Waals surface area contributed by atoms with Gasteiger partial charge >= 0.3 is 0 Å². The van der Waals surface area contributed by atoms with Crippen molar-refractivity contribution in [2.24, 2.45) is 31.9 Å². The molecule has 0 spiro atoms. The van der Waals surface area contributed by atoms with Crippen LogP contribution in [-0.2, 0) is 0 Å². The molecule has 0 aromatic rings. The van der Waals surface area contributed by atoms with Crippen LogP contribution in [0, 0.1) is 10.1 Å². The summed E-state index contributed by atoms with van der Waals surface area (Å²) in [4.78, 5) is 10.0. The zero-order valence-electron chi connectivity index (χ0n) is 9.76. The third-order valence-electron chi connectivity index (χ3n) is 1.41. The lowest BCUT2D eigenvalue weighted by molar-refractivity contribution is -0.482. The van der Waals surface area contributed by atoms with Crippen LogP contribution in [0.5, 0.6) is 0 Å². The lowest BCUT2D eigenvalue weighted by atomic mass is 10.4. The van der Waals surface area contributed by atoms with E-state index in [2.05, 4.69) is 20.4 Å². The van der Waals surface area contributed by atoms with E-state index in [9.17, 15) is 10.1 Å². The number of nitrogens with zero attached hydrogens (tertiary/aromatic N) is 5. The second-order valence-electron chi connectivity index (χ2n) is 2.59. The fraction of sp³-hybridized carbons (Fsp3) is 0.429. The summed E-state index contributed by atoms with van der Waals surface area (Å²) in [6, 6.07) is -1.23. The molecule has 18 heavy (non-hydrogen) atoms. The largest absolute Gasteiger partial charge is 0.377 e. The Labute approximate surface area is 112 Å². The van der Waals surface area contributed by atoms with Gasteiger partial charge in [0.05, 0.1) is 0 Å². The molecule has 9 nitrogen and oxygen atoms in total. The molecule has 0 bridgehead atoms. The normalized spacial score (nSPS) is 15.4. The van der Waals surface area contributed by atoms with Gasteiger partial charge in [-0.3, -0.25) is 10.1 Å². The van der Waals surface area contributed by atoms with Crippen LogP contribution in [0.3, 0.4) is 0 Å². The van der Waals surface area contributed by atoms with Gasteiger partial charge in [-0.25, -0.2) is 0 Å². The summed E-state index contributed by atoms with van der Waals surface area (Å²) in [5.41, 5.74) is 10.7. The monoisotopic (exact) mass is 291 g/mol. The molecule has 0 aliphatic rings.